The van der Waals surface area contributed by atoms with Gasteiger partial charge in [-0.05, 0) is 43.2 Å². The van der Waals surface area contributed by atoms with E-state index in [0.717, 1.165) is 16.8 Å². The van der Waals surface area contributed by atoms with Gasteiger partial charge in [0.15, 0.2) is 11.7 Å². The Bertz CT molecular complexity index is 1130. The van der Waals surface area contributed by atoms with Crippen molar-refractivity contribution in [2.24, 2.45) is 0 Å². The fraction of sp³-hybridized carbons (Fsp3) is 0.250. The Morgan fingerprint density at radius 2 is 1.82 bits per heavy atom. The molecular weight excluding hydrogens is 442 g/mol. The van der Waals surface area contributed by atoms with Gasteiger partial charge >= 0.3 is 5.97 Å². The molecule has 0 saturated carbocycles. The van der Waals surface area contributed by atoms with Gasteiger partial charge in [0.05, 0.1) is 11.4 Å². The van der Waals surface area contributed by atoms with Gasteiger partial charge in [0.1, 0.15) is 18.9 Å². The molecule has 1 aromatic heterocycles. The van der Waals surface area contributed by atoms with Crippen LogP contribution < -0.4 is 15.0 Å². The zero-order chi connectivity index (χ0) is 23.8. The number of hydrogen-bond donors (Lipinski definition) is 1. The van der Waals surface area contributed by atoms with Gasteiger partial charge < -0.3 is 14.8 Å². The highest BCUT2D eigenvalue weighted by atomic mass is 32.1. The summed E-state index contributed by atoms with van der Waals surface area (Å²) in [6, 6.07) is 14.6. The number of anilines is 2. The van der Waals surface area contributed by atoms with Crippen molar-refractivity contribution < 1.29 is 23.9 Å². The lowest BCUT2D eigenvalue weighted by Crippen LogP contribution is -2.34. The minimum Gasteiger partial charge on any atom is -0.484 e. The van der Waals surface area contributed by atoms with Crippen LogP contribution in [0.1, 0.15) is 23.7 Å². The van der Waals surface area contributed by atoms with Gasteiger partial charge in [-0.2, -0.15) is 0 Å². The number of hydrogen-bond acceptors (Lipinski definition) is 7. The van der Waals surface area contributed by atoms with E-state index in [0.29, 0.717) is 16.6 Å². The summed E-state index contributed by atoms with van der Waals surface area (Å²) >= 11 is 1.29. The first kappa shape index (κ1) is 23.9. The fourth-order valence-corrected chi connectivity index (χ4v) is 3.81. The number of rotatable bonds is 9. The van der Waals surface area contributed by atoms with E-state index >= 15 is 0 Å². The highest BCUT2D eigenvalue weighted by Crippen LogP contribution is 2.32. The number of aryl methyl sites for hydroxylation is 1. The molecular formula is C24H25N3O5S. The van der Waals surface area contributed by atoms with E-state index in [9.17, 15) is 14.4 Å². The van der Waals surface area contributed by atoms with E-state index < -0.39 is 11.9 Å². The summed E-state index contributed by atoms with van der Waals surface area (Å²) in [5.41, 5.74) is 3.34. The molecule has 0 aliphatic rings. The van der Waals surface area contributed by atoms with Crippen molar-refractivity contribution in [3.63, 3.8) is 0 Å². The second-order valence-electron chi connectivity index (χ2n) is 7.23. The molecule has 0 fully saturated rings. The van der Waals surface area contributed by atoms with Gasteiger partial charge in [-0.1, -0.05) is 30.3 Å². The van der Waals surface area contributed by atoms with Crippen molar-refractivity contribution in [1.29, 1.82) is 0 Å². The number of ether oxygens (including phenoxy) is 2. The van der Waals surface area contributed by atoms with Crippen LogP contribution in [0.2, 0.25) is 0 Å². The summed E-state index contributed by atoms with van der Waals surface area (Å²) in [6.07, 6.45) is 0. The molecule has 3 aromatic rings. The van der Waals surface area contributed by atoms with Gasteiger partial charge in [0.25, 0.3) is 5.91 Å². The zero-order valence-electron chi connectivity index (χ0n) is 18.7. The molecule has 0 saturated heterocycles. The average molecular weight is 468 g/mol. The van der Waals surface area contributed by atoms with E-state index in [1.54, 1.807) is 34.5 Å². The van der Waals surface area contributed by atoms with Crippen LogP contribution >= 0.6 is 11.3 Å². The highest BCUT2D eigenvalue weighted by Gasteiger charge is 2.20. The van der Waals surface area contributed by atoms with E-state index in [1.165, 1.54) is 18.3 Å². The third kappa shape index (κ3) is 6.63. The van der Waals surface area contributed by atoms with E-state index in [4.69, 9.17) is 9.47 Å². The number of benzene rings is 2. The standard InChI is InChI=1S/C24H25N3O5S/c1-16-8-7-11-21(17(16)2)27(18(3)28)24-26-19(15-33-24)13-32-23(30)12-25-22(29)14-31-20-9-5-4-6-10-20/h4-11,15H,12-14H2,1-3H3,(H,25,29). The molecule has 0 aliphatic carbocycles. The topological polar surface area (TPSA) is 97.8 Å². The molecule has 2 aromatic carbocycles. The van der Waals surface area contributed by atoms with Crippen LogP contribution in [0.5, 0.6) is 5.75 Å². The summed E-state index contributed by atoms with van der Waals surface area (Å²) in [7, 11) is 0. The quantitative estimate of drug-likeness (QED) is 0.482. The van der Waals surface area contributed by atoms with Gasteiger partial charge in [-0.3, -0.25) is 19.3 Å². The minimum absolute atomic E-state index is 0.0652. The minimum atomic E-state index is -0.601. The first-order chi connectivity index (χ1) is 15.8. The third-order valence-electron chi connectivity index (χ3n) is 4.79. The van der Waals surface area contributed by atoms with E-state index in [-0.39, 0.29) is 25.7 Å². The highest BCUT2D eigenvalue weighted by molar-refractivity contribution is 7.14. The molecule has 8 nitrogen and oxygen atoms in total. The van der Waals surface area contributed by atoms with Gasteiger partial charge in [0, 0.05) is 12.3 Å². The van der Waals surface area contributed by atoms with Crippen LogP contribution in [0.15, 0.2) is 53.9 Å². The monoisotopic (exact) mass is 467 g/mol. The maximum absolute atomic E-state index is 12.3. The van der Waals surface area contributed by atoms with Crippen molar-refractivity contribution in [3.05, 3.63) is 70.7 Å². The molecule has 0 unspecified atom stereocenters. The Morgan fingerprint density at radius 3 is 2.55 bits per heavy atom. The second-order valence-corrected chi connectivity index (χ2v) is 8.07. The number of nitrogens with zero attached hydrogens (tertiary/aromatic N) is 2. The zero-order valence-corrected chi connectivity index (χ0v) is 19.5. The Morgan fingerprint density at radius 1 is 1.06 bits per heavy atom. The van der Waals surface area contributed by atoms with E-state index in [1.807, 2.05) is 38.1 Å². The molecule has 33 heavy (non-hydrogen) atoms. The van der Waals surface area contributed by atoms with Crippen LogP contribution in [0.25, 0.3) is 0 Å². The Hall–Kier alpha value is -3.72. The summed E-state index contributed by atoms with van der Waals surface area (Å²) in [6.45, 7) is 4.87. The summed E-state index contributed by atoms with van der Waals surface area (Å²) in [5.74, 6) is -0.634. The van der Waals surface area contributed by atoms with Crippen molar-refractivity contribution in [2.45, 2.75) is 27.4 Å². The number of esters is 1. The molecule has 1 heterocycles. The predicted molar refractivity (Wildman–Crippen MR) is 126 cm³/mol. The molecule has 172 valence electrons. The number of para-hydroxylation sites is 1. The predicted octanol–water partition coefficient (Wildman–Crippen LogP) is 3.68. The maximum atomic E-state index is 12.3. The SMILES string of the molecule is CC(=O)N(c1nc(COC(=O)CNC(=O)COc2ccccc2)cs1)c1cccc(C)c1C. The first-order valence-corrected chi connectivity index (χ1v) is 11.1. The molecule has 1 N–H and O–H groups in total. The fourth-order valence-electron chi connectivity index (χ4n) is 2.94. The van der Waals surface area contributed by atoms with E-state index in [2.05, 4.69) is 10.3 Å². The van der Waals surface area contributed by atoms with Crippen LogP contribution in [-0.4, -0.2) is 35.9 Å². The molecule has 0 bridgehead atoms. The van der Waals surface area contributed by atoms with Gasteiger partial charge in [-0.15, -0.1) is 11.3 Å². The van der Waals surface area contributed by atoms with Crippen molar-refractivity contribution in [1.82, 2.24) is 10.3 Å². The first-order valence-electron chi connectivity index (χ1n) is 10.3. The molecule has 0 radical (unpaired) electrons. The summed E-state index contributed by atoms with van der Waals surface area (Å²) < 4.78 is 10.5. The second kappa shape index (κ2) is 11.2. The number of aromatic nitrogens is 1. The van der Waals surface area contributed by atoms with Crippen molar-refractivity contribution in [3.8, 4) is 5.75 Å². The molecule has 2 amide bonds. The molecule has 0 aliphatic heterocycles. The lowest BCUT2D eigenvalue weighted by atomic mass is 10.1. The summed E-state index contributed by atoms with van der Waals surface area (Å²) in [5, 5.41) is 4.68. The lowest BCUT2D eigenvalue weighted by Gasteiger charge is -2.21. The molecule has 3 rings (SSSR count). The number of carbonyl (C=O) groups excluding carboxylic acids is 3. The van der Waals surface area contributed by atoms with Crippen LogP contribution in [-0.2, 0) is 25.7 Å². The normalized spacial score (nSPS) is 10.4. The van der Waals surface area contributed by atoms with Crippen molar-refractivity contribution >= 4 is 39.9 Å². The van der Waals surface area contributed by atoms with Crippen LogP contribution in [0.3, 0.4) is 0 Å². The molecule has 0 spiro atoms. The Labute approximate surface area is 196 Å². The largest absolute Gasteiger partial charge is 0.484 e. The lowest BCUT2D eigenvalue weighted by molar-refractivity contribution is -0.145. The molecule has 9 heteroatoms. The van der Waals surface area contributed by atoms with Gasteiger partial charge in [0.2, 0.25) is 5.91 Å². The van der Waals surface area contributed by atoms with Crippen molar-refractivity contribution in [2.75, 3.05) is 18.1 Å². The maximum Gasteiger partial charge on any atom is 0.325 e. The number of carbonyl (C=O) groups is 3. The Balaban J connectivity index is 1.50. The number of nitrogens with one attached hydrogen (secondary N) is 1. The number of thiazole rings is 1. The Kier molecular flexibility index (Phi) is 8.15. The smallest absolute Gasteiger partial charge is 0.325 e. The van der Waals surface area contributed by atoms with Crippen LogP contribution in [0.4, 0.5) is 10.8 Å². The third-order valence-corrected chi connectivity index (χ3v) is 5.66. The molecule has 0 atom stereocenters. The summed E-state index contributed by atoms with van der Waals surface area (Å²) in [4.78, 5) is 42.1. The number of amides is 2. The van der Waals surface area contributed by atoms with Crippen LogP contribution in [0, 0.1) is 13.8 Å². The van der Waals surface area contributed by atoms with Gasteiger partial charge in [-0.25, -0.2) is 4.98 Å². The average Bonchev–Trinajstić information content (AvgIpc) is 3.26.